The Hall–Kier alpha value is -1.60. The molecule has 0 aliphatic carbocycles. The Morgan fingerprint density at radius 2 is 1.79 bits per heavy atom. The first-order valence-corrected chi connectivity index (χ1v) is 6.08. The van der Waals surface area contributed by atoms with Gasteiger partial charge in [-0.05, 0) is 35.5 Å². The van der Waals surface area contributed by atoms with E-state index < -0.39 is 11.9 Å². The molecule has 0 radical (unpaired) electrons. The van der Waals surface area contributed by atoms with Crippen molar-refractivity contribution in [3.05, 3.63) is 47.8 Å². The minimum absolute atomic E-state index is 0.0339. The predicted octanol–water partition coefficient (Wildman–Crippen LogP) is 3.14. The second-order valence-electron chi connectivity index (χ2n) is 3.63. The van der Waals surface area contributed by atoms with Crippen molar-refractivity contribution in [2.75, 3.05) is 0 Å². The lowest BCUT2D eigenvalue weighted by Crippen LogP contribution is -2.08. The van der Waals surface area contributed by atoms with Gasteiger partial charge in [-0.3, -0.25) is 0 Å². The van der Waals surface area contributed by atoms with Crippen molar-refractivity contribution < 1.29 is 18.3 Å². The molecule has 1 aromatic heterocycles. The molecule has 0 saturated heterocycles. The lowest BCUT2D eigenvalue weighted by Gasteiger charge is -2.06. The highest BCUT2D eigenvalue weighted by molar-refractivity contribution is 7.99. The van der Waals surface area contributed by atoms with E-state index in [-0.39, 0.29) is 11.8 Å². The maximum atomic E-state index is 12.5. The van der Waals surface area contributed by atoms with Gasteiger partial charge < -0.3 is 5.11 Å². The number of rotatable bonds is 3. The number of nitrogens with zero attached hydrogens (tertiary/aromatic N) is 2. The van der Waals surface area contributed by atoms with Crippen molar-refractivity contribution in [3.63, 3.8) is 0 Å². The van der Waals surface area contributed by atoms with Gasteiger partial charge in [0.25, 0.3) is 0 Å². The van der Waals surface area contributed by atoms with Crippen molar-refractivity contribution in [2.24, 2.45) is 0 Å². The molecule has 0 unspecified atom stereocenters. The molecule has 0 spiro atoms. The maximum Gasteiger partial charge on any atom is 0.433 e. The van der Waals surface area contributed by atoms with E-state index in [0.29, 0.717) is 4.90 Å². The monoisotopic (exact) mass is 286 g/mol. The molecule has 7 heteroatoms. The van der Waals surface area contributed by atoms with Crippen LogP contribution in [0, 0.1) is 0 Å². The second-order valence-corrected chi connectivity index (χ2v) is 4.67. The van der Waals surface area contributed by atoms with Crippen LogP contribution >= 0.6 is 11.8 Å². The number of aliphatic hydroxyl groups is 1. The van der Waals surface area contributed by atoms with Gasteiger partial charge in [-0.2, -0.15) is 13.2 Å². The average molecular weight is 286 g/mol. The Morgan fingerprint density at radius 1 is 1.11 bits per heavy atom. The zero-order chi connectivity index (χ0) is 13.9. The van der Waals surface area contributed by atoms with Crippen LogP contribution in [-0.2, 0) is 12.8 Å². The molecule has 1 heterocycles. The number of aliphatic hydroxyl groups excluding tert-OH is 1. The standard InChI is InChI=1S/C12H9F3N2OS/c13-12(14,15)10-5-6-16-11(17-10)19-9-3-1-8(7-18)2-4-9/h1-6,18H,7H2. The molecular formula is C12H9F3N2OS. The van der Waals surface area contributed by atoms with E-state index in [1.807, 2.05) is 0 Å². The van der Waals surface area contributed by atoms with Gasteiger partial charge in [0.1, 0.15) is 5.69 Å². The van der Waals surface area contributed by atoms with E-state index in [9.17, 15) is 13.2 Å². The van der Waals surface area contributed by atoms with E-state index in [4.69, 9.17) is 5.11 Å². The number of benzene rings is 1. The van der Waals surface area contributed by atoms with Crippen LogP contribution in [0.15, 0.2) is 46.6 Å². The zero-order valence-electron chi connectivity index (χ0n) is 9.55. The Morgan fingerprint density at radius 3 is 2.37 bits per heavy atom. The van der Waals surface area contributed by atoms with E-state index in [1.54, 1.807) is 24.3 Å². The maximum absolute atomic E-state index is 12.5. The van der Waals surface area contributed by atoms with Crippen LogP contribution in [0.4, 0.5) is 13.2 Å². The third-order valence-corrected chi connectivity index (χ3v) is 3.13. The molecule has 0 amide bonds. The molecule has 100 valence electrons. The topological polar surface area (TPSA) is 46.0 Å². The number of alkyl halides is 3. The SMILES string of the molecule is OCc1ccc(Sc2nccc(C(F)(F)F)n2)cc1. The fourth-order valence-electron chi connectivity index (χ4n) is 1.32. The summed E-state index contributed by atoms with van der Waals surface area (Å²) in [5.74, 6) is 0. The van der Waals surface area contributed by atoms with Gasteiger partial charge in [0.15, 0.2) is 5.16 Å². The summed E-state index contributed by atoms with van der Waals surface area (Å²) in [6, 6.07) is 7.60. The highest BCUT2D eigenvalue weighted by Crippen LogP contribution is 2.30. The molecule has 2 rings (SSSR count). The molecular weight excluding hydrogens is 277 g/mol. The van der Waals surface area contributed by atoms with Gasteiger partial charge in [0.2, 0.25) is 0 Å². The number of hydrogen-bond acceptors (Lipinski definition) is 4. The quantitative estimate of drug-likeness (QED) is 0.880. The van der Waals surface area contributed by atoms with Gasteiger partial charge in [0, 0.05) is 11.1 Å². The first-order valence-electron chi connectivity index (χ1n) is 5.27. The first-order chi connectivity index (χ1) is 8.99. The minimum atomic E-state index is -4.47. The molecule has 2 aromatic rings. The van der Waals surface area contributed by atoms with Crippen LogP contribution in [0.25, 0.3) is 0 Å². The molecule has 0 saturated carbocycles. The van der Waals surface area contributed by atoms with Crippen LogP contribution in [0.1, 0.15) is 11.3 Å². The minimum Gasteiger partial charge on any atom is -0.392 e. The fraction of sp³-hybridized carbons (Fsp3) is 0.167. The third-order valence-electron chi connectivity index (χ3n) is 2.24. The number of halogens is 3. The zero-order valence-corrected chi connectivity index (χ0v) is 10.4. The summed E-state index contributed by atoms with van der Waals surface area (Å²) in [5.41, 5.74) is -0.230. The Labute approximate surface area is 111 Å². The highest BCUT2D eigenvalue weighted by Gasteiger charge is 2.32. The van der Waals surface area contributed by atoms with Gasteiger partial charge in [-0.15, -0.1) is 0 Å². The summed E-state index contributed by atoms with van der Waals surface area (Å²) in [5, 5.41) is 8.92. The van der Waals surface area contributed by atoms with Crippen molar-refractivity contribution in [2.45, 2.75) is 22.8 Å². The van der Waals surface area contributed by atoms with Crippen molar-refractivity contribution >= 4 is 11.8 Å². The van der Waals surface area contributed by atoms with Gasteiger partial charge >= 0.3 is 6.18 Å². The van der Waals surface area contributed by atoms with Crippen molar-refractivity contribution in [1.82, 2.24) is 9.97 Å². The molecule has 3 nitrogen and oxygen atoms in total. The Bertz CT molecular complexity index is 558. The van der Waals surface area contributed by atoms with Crippen molar-refractivity contribution in [1.29, 1.82) is 0 Å². The predicted molar refractivity (Wildman–Crippen MR) is 63.5 cm³/mol. The van der Waals surface area contributed by atoms with E-state index >= 15 is 0 Å². The van der Waals surface area contributed by atoms with Crippen molar-refractivity contribution in [3.8, 4) is 0 Å². The number of aromatic nitrogens is 2. The molecule has 1 aromatic carbocycles. The largest absolute Gasteiger partial charge is 0.433 e. The Kier molecular flexibility index (Phi) is 4.06. The summed E-state index contributed by atoms with van der Waals surface area (Å²) in [4.78, 5) is 7.96. The molecule has 0 fully saturated rings. The van der Waals surface area contributed by atoms with Gasteiger partial charge in [-0.1, -0.05) is 12.1 Å². The summed E-state index contributed by atoms with van der Waals surface area (Å²) >= 11 is 1.03. The van der Waals surface area contributed by atoms with Crippen LogP contribution in [-0.4, -0.2) is 15.1 Å². The van der Waals surface area contributed by atoms with Crippen LogP contribution in [0.5, 0.6) is 0 Å². The molecule has 19 heavy (non-hydrogen) atoms. The highest BCUT2D eigenvalue weighted by atomic mass is 32.2. The smallest absolute Gasteiger partial charge is 0.392 e. The lowest BCUT2D eigenvalue weighted by atomic mass is 10.2. The molecule has 0 aliphatic heterocycles. The molecule has 0 atom stereocenters. The van der Waals surface area contributed by atoms with Crippen LogP contribution < -0.4 is 0 Å². The molecule has 1 N–H and O–H groups in total. The summed E-state index contributed by atoms with van der Waals surface area (Å²) in [6.45, 7) is -0.0784. The summed E-state index contributed by atoms with van der Waals surface area (Å²) in [7, 11) is 0. The normalized spacial score (nSPS) is 11.6. The van der Waals surface area contributed by atoms with Crippen LogP contribution in [0.2, 0.25) is 0 Å². The van der Waals surface area contributed by atoms with E-state index in [0.717, 1.165) is 29.6 Å². The molecule has 0 aliphatic rings. The van der Waals surface area contributed by atoms with E-state index in [1.165, 1.54) is 0 Å². The van der Waals surface area contributed by atoms with Crippen LogP contribution in [0.3, 0.4) is 0 Å². The second kappa shape index (κ2) is 5.58. The third kappa shape index (κ3) is 3.68. The molecule has 0 bridgehead atoms. The van der Waals surface area contributed by atoms with Gasteiger partial charge in [-0.25, -0.2) is 9.97 Å². The number of hydrogen-bond donors (Lipinski definition) is 1. The summed E-state index contributed by atoms with van der Waals surface area (Å²) < 4.78 is 37.4. The fourth-order valence-corrected chi connectivity index (χ4v) is 2.06. The van der Waals surface area contributed by atoms with Gasteiger partial charge in [0.05, 0.1) is 6.61 Å². The average Bonchev–Trinajstić information content (AvgIpc) is 2.39. The van der Waals surface area contributed by atoms with E-state index in [2.05, 4.69) is 9.97 Å². The Balaban J connectivity index is 2.18. The lowest BCUT2D eigenvalue weighted by molar-refractivity contribution is -0.141. The first kappa shape index (κ1) is 13.8. The summed E-state index contributed by atoms with van der Waals surface area (Å²) in [6.07, 6.45) is -3.39.